The van der Waals surface area contributed by atoms with Crippen LogP contribution in [0.2, 0.25) is 0 Å². The van der Waals surface area contributed by atoms with Crippen molar-refractivity contribution in [1.29, 1.82) is 0 Å². The predicted octanol–water partition coefficient (Wildman–Crippen LogP) is 8.63. The van der Waals surface area contributed by atoms with Crippen LogP contribution in [0.4, 0.5) is 4.79 Å². The molecular formula is C29H42O3. The number of carbonyl (C=O) groups excluding carboxylic acids is 1. The van der Waals surface area contributed by atoms with Crippen LogP contribution in [0.25, 0.3) is 0 Å². The van der Waals surface area contributed by atoms with Crippen molar-refractivity contribution in [1.82, 2.24) is 0 Å². The molecule has 0 aliphatic heterocycles. The van der Waals surface area contributed by atoms with E-state index in [0.717, 1.165) is 56.9 Å². The molecule has 2 rings (SSSR count). The number of ether oxygens (including phenoxy) is 2. The van der Waals surface area contributed by atoms with Crippen molar-refractivity contribution >= 4 is 6.16 Å². The smallest absolute Gasteiger partial charge is 0.394 e. The molecule has 0 saturated carbocycles. The van der Waals surface area contributed by atoms with Gasteiger partial charge in [-0.05, 0) is 72.9 Å². The molecule has 0 atom stereocenters. The van der Waals surface area contributed by atoms with Crippen LogP contribution in [0, 0.1) is 0 Å². The summed E-state index contributed by atoms with van der Waals surface area (Å²) < 4.78 is 11.5. The summed E-state index contributed by atoms with van der Waals surface area (Å²) >= 11 is 0. The Labute approximate surface area is 195 Å². The molecule has 176 valence electrons. The monoisotopic (exact) mass is 438 g/mol. The molecule has 0 heterocycles. The Hall–Kier alpha value is -2.29. The molecular weight excluding hydrogens is 396 g/mol. The maximum absolute atomic E-state index is 12.8. The molecule has 0 aliphatic rings. The molecule has 0 spiro atoms. The molecule has 0 unspecified atom stereocenters. The van der Waals surface area contributed by atoms with Crippen molar-refractivity contribution in [3.8, 4) is 11.5 Å². The fourth-order valence-corrected chi connectivity index (χ4v) is 4.29. The minimum atomic E-state index is -0.640. The highest BCUT2D eigenvalue weighted by Crippen LogP contribution is 2.29. The van der Waals surface area contributed by atoms with Gasteiger partial charge in [0.1, 0.15) is 11.5 Å². The first-order chi connectivity index (χ1) is 15.6. The fourth-order valence-electron chi connectivity index (χ4n) is 4.29. The number of rotatable bonds is 14. The summed E-state index contributed by atoms with van der Waals surface area (Å²) in [7, 11) is 0. The summed E-state index contributed by atoms with van der Waals surface area (Å²) in [6.45, 7) is 8.75. The van der Waals surface area contributed by atoms with Crippen LogP contribution < -0.4 is 9.47 Å². The lowest BCUT2D eigenvalue weighted by molar-refractivity contribution is 0.151. The predicted molar refractivity (Wildman–Crippen MR) is 134 cm³/mol. The van der Waals surface area contributed by atoms with Crippen LogP contribution in [-0.4, -0.2) is 6.16 Å². The highest BCUT2D eigenvalue weighted by atomic mass is 16.7. The Morgan fingerprint density at radius 3 is 1.62 bits per heavy atom. The molecule has 0 bridgehead atoms. The zero-order valence-electron chi connectivity index (χ0n) is 20.7. The minimum absolute atomic E-state index is 0.634. The number of unbranched alkanes of at least 4 members (excludes halogenated alkanes) is 4. The van der Waals surface area contributed by atoms with E-state index in [2.05, 4.69) is 39.8 Å². The Morgan fingerprint density at radius 2 is 1.09 bits per heavy atom. The van der Waals surface area contributed by atoms with E-state index in [9.17, 15) is 4.79 Å². The lowest BCUT2D eigenvalue weighted by atomic mass is 9.96. The topological polar surface area (TPSA) is 35.5 Å². The molecule has 0 aromatic heterocycles. The van der Waals surface area contributed by atoms with Crippen molar-refractivity contribution in [3.05, 3.63) is 58.7 Å². The van der Waals surface area contributed by atoms with Gasteiger partial charge < -0.3 is 9.47 Å². The van der Waals surface area contributed by atoms with Crippen LogP contribution in [0.15, 0.2) is 36.4 Å². The van der Waals surface area contributed by atoms with Crippen molar-refractivity contribution in [2.24, 2.45) is 0 Å². The highest BCUT2D eigenvalue weighted by molar-refractivity contribution is 5.69. The van der Waals surface area contributed by atoms with Gasteiger partial charge >= 0.3 is 6.16 Å². The van der Waals surface area contributed by atoms with Crippen molar-refractivity contribution in [2.45, 2.75) is 105 Å². The average Bonchev–Trinajstić information content (AvgIpc) is 2.78. The molecule has 0 N–H and O–H groups in total. The largest absolute Gasteiger partial charge is 0.519 e. The molecule has 2 aromatic rings. The van der Waals surface area contributed by atoms with E-state index < -0.39 is 6.16 Å². The van der Waals surface area contributed by atoms with Gasteiger partial charge in [0, 0.05) is 0 Å². The number of carbonyl (C=O) groups is 1. The van der Waals surface area contributed by atoms with Gasteiger partial charge in [0.05, 0.1) is 0 Å². The lowest BCUT2D eigenvalue weighted by Crippen LogP contribution is -2.16. The van der Waals surface area contributed by atoms with Gasteiger partial charge in [0.2, 0.25) is 0 Å². The SMILES string of the molecule is CCCCCc1cccc(OC(=O)Oc2cccc(CCC)c2CCC)c1CCCCC. The van der Waals surface area contributed by atoms with E-state index in [-0.39, 0.29) is 0 Å². The zero-order chi connectivity index (χ0) is 23.2. The first-order valence-corrected chi connectivity index (χ1v) is 12.8. The second-order valence-corrected chi connectivity index (χ2v) is 8.66. The van der Waals surface area contributed by atoms with Crippen LogP contribution >= 0.6 is 0 Å². The number of hydrogen-bond donors (Lipinski definition) is 0. The van der Waals surface area contributed by atoms with Gasteiger partial charge in [0.25, 0.3) is 0 Å². The Morgan fingerprint density at radius 1 is 0.594 bits per heavy atom. The molecule has 3 nitrogen and oxygen atoms in total. The second-order valence-electron chi connectivity index (χ2n) is 8.66. The van der Waals surface area contributed by atoms with E-state index in [1.54, 1.807) is 0 Å². The Bertz CT molecular complexity index is 825. The average molecular weight is 439 g/mol. The summed E-state index contributed by atoms with van der Waals surface area (Å²) in [6.07, 6.45) is 12.3. The number of hydrogen-bond acceptors (Lipinski definition) is 3. The van der Waals surface area contributed by atoms with E-state index in [0.29, 0.717) is 11.5 Å². The van der Waals surface area contributed by atoms with Crippen molar-refractivity contribution in [2.75, 3.05) is 0 Å². The Balaban J connectivity index is 2.21. The van der Waals surface area contributed by atoms with Gasteiger partial charge in [-0.1, -0.05) is 90.5 Å². The van der Waals surface area contributed by atoms with Gasteiger partial charge in [-0.2, -0.15) is 0 Å². The summed E-state index contributed by atoms with van der Waals surface area (Å²) in [5.74, 6) is 1.29. The van der Waals surface area contributed by atoms with Gasteiger partial charge in [-0.3, -0.25) is 0 Å². The molecule has 0 saturated heterocycles. The van der Waals surface area contributed by atoms with E-state index in [1.807, 2.05) is 24.3 Å². The zero-order valence-corrected chi connectivity index (χ0v) is 20.7. The van der Waals surface area contributed by atoms with Crippen LogP contribution in [-0.2, 0) is 25.7 Å². The van der Waals surface area contributed by atoms with Crippen LogP contribution in [0.1, 0.15) is 101 Å². The van der Waals surface area contributed by atoms with Crippen LogP contribution in [0.5, 0.6) is 11.5 Å². The molecule has 2 aromatic carbocycles. The highest BCUT2D eigenvalue weighted by Gasteiger charge is 2.17. The lowest BCUT2D eigenvalue weighted by Gasteiger charge is -2.16. The molecule has 32 heavy (non-hydrogen) atoms. The summed E-state index contributed by atoms with van der Waals surface area (Å²) in [6, 6.07) is 12.1. The second kappa shape index (κ2) is 14.7. The summed E-state index contributed by atoms with van der Waals surface area (Å²) in [4.78, 5) is 12.8. The third kappa shape index (κ3) is 8.00. The summed E-state index contributed by atoms with van der Waals surface area (Å²) in [5.41, 5.74) is 4.86. The maximum atomic E-state index is 12.8. The third-order valence-electron chi connectivity index (χ3n) is 5.95. The normalized spacial score (nSPS) is 10.9. The van der Waals surface area contributed by atoms with Crippen molar-refractivity contribution < 1.29 is 14.3 Å². The molecule has 0 aliphatic carbocycles. The van der Waals surface area contributed by atoms with Crippen LogP contribution in [0.3, 0.4) is 0 Å². The van der Waals surface area contributed by atoms with E-state index in [4.69, 9.17) is 9.47 Å². The minimum Gasteiger partial charge on any atom is -0.394 e. The fraction of sp³-hybridized carbons (Fsp3) is 0.552. The maximum Gasteiger partial charge on any atom is 0.519 e. The van der Waals surface area contributed by atoms with Gasteiger partial charge in [-0.15, -0.1) is 0 Å². The quantitative estimate of drug-likeness (QED) is 0.168. The number of benzene rings is 2. The van der Waals surface area contributed by atoms with E-state index in [1.165, 1.54) is 42.4 Å². The molecule has 0 fully saturated rings. The molecule has 3 heteroatoms. The third-order valence-corrected chi connectivity index (χ3v) is 5.95. The first kappa shape index (κ1) is 26.0. The number of aryl methyl sites for hydroxylation is 2. The van der Waals surface area contributed by atoms with Gasteiger partial charge in [-0.25, -0.2) is 4.79 Å². The van der Waals surface area contributed by atoms with Crippen molar-refractivity contribution in [3.63, 3.8) is 0 Å². The van der Waals surface area contributed by atoms with E-state index >= 15 is 0 Å². The van der Waals surface area contributed by atoms with Gasteiger partial charge in [0.15, 0.2) is 0 Å². The Kier molecular flexibility index (Phi) is 11.9. The molecule has 0 radical (unpaired) electrons. The molecule has 0 amide bonds. The standard InChI is InChI=1S/C29H42O3/c1-5-9-11-17-24-19-14-22-28(26(24)20-12-10-6-2)32-29(30)31-27-21-13-18-23(15-7-3)25(27)16-8-4/h13-14,18-19,21-22H,5-12,15-17,20H2,1-4H3. The first-order valence-electron chi connectivity index (χ1n) is 12.8. The summed E-state index contributed by atoms with van der Waals surface area (Å²) in [5, 5.41) is 0.